The van der Waals surface area contributed by atoms with E-state index in [0.717, 1.165) is 6.42 Å². The van der Waals surface area contributed by atoms with E-state index in [1.54, 1.807) is 23.1 Å². The van der Waals surface area contributed by atoms with Crippen LogP contribution in [-0.2, 0) is 14.8 Å². The Balaban J connectivity index is 1.82. The number of carbonyl (C=O) groups is 2. The fraction of sp³-hybridized carbons (Fsp3) is 0.529. The summed E-state index contributed by atoms with van der Waals surface area (Å²) in [7, 11) is -3.36. The number of piperidine rings is 1. The molecule has 7 nitrogen and oxygen atoms in total. The highest BCUT2D eigenvalue weighted by Gasteiger charge is 2.30. The Morgan fingerprint density at radius 1 is 1.12 bits per heavy atom. The van der Waals surface area contributed by atoms with Gasteiger partial charge >= 0.3 is 0 Å². The molecule has 0 saturated carbocycles. The predicted molar refractivity (Wildman–Crippen MR) is 99.6 cm³/mol. The molecule has 0 spiro atoms. The van der Waals surface area contributed by atoms with Gasteiger partial charge in [-0.2, -0.15) is 0 Å². The molecule has 142 valence electrons. The van der Waals surface area contributed by atoms with Crippen molar-refractivity contribution in [2.24, 2.45) is 11.7 Å². The average Bonchev–Trinajstić information content (AvgIpc) is 2.61. The largest absolute Gasteiger partial charge is 0.369 e. The molecule has 0 atom stereocenters. The minimum Gasteiger partial charge on any atom is -0.369 e. The molecule has 1 aromatic rings. The first-order chi connectivity index (χ1) is 12.3. The zero-order chi connectivity index (χ0) is 18.9. The lowest BCUT2D eigenvalue weighted by Crippen LogP contribution is -2.42. The van der Waals surface area contributed by atoms with Crippen LogP contribution in [0.1, 0.15) is 36.0 Å². The van der Waals surface area contributed by atoms with Gasteiger partial charge in [0.15, 0.2) is 0 Å². The number of likely N-dealkylation sites (tertiary alicyclic amines) is 1. The van der Waals surface area contributed by atoms with E-state index in [4.69, 9.17) is 17.3 Å². The van der Waals surface area contributed by atoms with Crippen molar-refractivity contribution in [1.82, 2.24) is 4.90 Å². The van der Waals surface area contributed by atoms with Crippen LogP contribution in [0.3, 0.4) is 0 Å². The van der Waals surface area contributed by atoms with E-state index >= 15 is 0 Å². The van der Waals surface area contributed by atoms with Gasteiger partial charge in [0.25, 0.3) is 5.91 Å². The van der Waals surface area contributed by atoms with Crippen LogP contribution in [-0.4, -0.2) is 50.5 Å². The first-order valence-corrected chi connectivity index (χ1v) is 10.7. The van der Waals surface area contributed by atoms with Gasteiger partial charge in [-0.25, -0.2) is 8.42 Å². The molecule has 2 saturated heterocycles. The third-order valence-electron chi connectivity index (χ3n) is 5.00. The van der Waals surface area contributed by atoms with Crippen molar-refractivity contribution < 1.29 is 18.0 Å². The van der Waals surface area contributed by atoms with Crippen LogP contribution < -0.4 is 10.0 Å². The summed E-state index contributed by atoms with van der Waals surface area (Å²) in [5.41, 5.74) is 6.07. The molecular formula is C17H22ClN3O4S. The maximum Gasteiger partial charge on any atom is 0.255 e. The Kier molecular flexibility index (Phi) is 5.43. The molecule has 0 unspecified atom stereocenters. The second-order valence-electron chi connectivity index (χ2n) is 6.73. The van der Waals surface area contributed by atoms with Gasteiger partial charge in [-0.1, -0.05) is 11.6 Å². The molecule has 2 aliphatic rings. The zero-order valence-corrected chi connectivity index (χ0v) is 15.9. The second kappa shape index (κ2) is 7.44. The number of nitrogens with zero attached hydrogens (tertiary/aromatic N) is 2. The molecule has 0 aliphatic carbocycles. The summed E-state index contributed by atoms with van der Waals surface area (Å²) >= 11 is 6.21. The summed E-state index contributed by atoms with van der Waals surface area (Å²) < 4.78 is 26.0. The highest BCUT2D eigenvalue weighted by Crippen LogP contribution is 2.29. The molecule has 3 rings (SSSR count). The standard InChI is InChI=1S/C17H22ClN3O4S/c18-15-4-3-13(21-7-1-2-10-26(21,24)25)11-14(15)17(23)20-8-5-12(6-9-20)16(19)22/h3-4,11-12H,1-2,5-10H2,(H2,19,22). The molecule has 2 fully saturated rings. The first kappa shape index (κ1) is 19.0. The van der Waals surface area contributed by atoms with Gasteiger partial charge < -0.3 is 10.6 Å². The number of carbonyl (C=O) groups excluding carboxylic acids is 2. The van der Waals surface area contributed by atoms with Crippen LogP contribution in [0.5, 0.6) is 0 Å². The minimum absolute atomic E-state index is 0.111. The van der Waals surface area contributed by atoms with Gasteiger partial charge in [0.1, 0.15) is 0 Å². The Labute approximate surface area is 158 Å². The van der Waals surface area contributed by atoms with E-state index in [-0.39, 0.29) is 34.1 Å². The Morgan fingerprint density at radius 2 is 1.81 bits per heavy atom. The van der Waals surface area contributed by atoms with Gasteiger partial charge in [0.2, 0.25) is 15.9 Å². The second-order valence-corrected chi connectivity index (χ2v) is 9.15. The number of sulfonamides is 1. The summed E-state index contributed by atoms with van der Waals surface area (Å²) in [6.45, 7) is 1.26. The van der Waals surface area contributed by atoms with Gasteiger partial charge in [-0.05, 0) is 43.9 Å². The number of amides is 2. The lowest BCUT2D eigenvalue weighted by atomic mass is 9.96. The van der Waals surface area contributed by atoms with Crippen LogP contribution >= 0.6 is 11.6 Å². The Hall–Kier alpha value is -1.80. The Bertz CT molecular complexity index is 819. The molecule has 9 heteroatoms. The number of halogens is 1. The van der Waals surface area contributed by atoms with Crippen molar-refractivity contribution in [3.8, 4) is 0 Å². The van der Waals surface area contributed by atoms with E-state index in [0.29, 0.717) is 44.6 Å². The summed E-state index contributed by atoms with van der Waals surface area (Å²) in [5.74, 6) is -0.694. The number of hydrogen-bond acceptors (Lipinski definition) is 4. The summed E-state index contributed by atoms with van der Waals surface area (Å²) in [6.07, 6.45) is 2.48. The summed E-state index contributed by atoms with van der Waals surface area (Å²) in [6, 6.07) is 4.74. The lowest BCUT2D eigenvalue weighted by molar-refractivity contribution is -0.123. The van der Waals surface area contributed by atoms with Crippen LogP contribution in [0, 0.1) is 5.92 Å². The molecule has 0 bridgehead atoms. The number of rotatable bonds is 3. The van der Waals surface area contributed by atoms with E-state index in [1.165, 1.54) is 4.31 Å². The number of hydrogen-bond donors (Lipinski definition) is 1. The summed E-state index contributed by atoms with van der Waals surface area (Å²) in [4.78, 5) is 25.8. The smallest absolute Gasteiger partial charge is 0.255 e. The minimum atomic E-state index is -3.36. The molecule has 0 radical (unpaired) electrons. The third kappa shape index (κ3) is 3.81. The van der Waals surface area contributed by atoms with Crippen molar-refractivity contribution in [2.75, 3.05) is 29.7 Å². The van der Waals surface area contributed by atoms with Crippen LogP contribution in [0.4, 0.5) is 5.69 Å². The molecular weight excluding hydrogens is 378 g/mol. The van der Waals surface area contributed by atoms with E-state index in [1.807, 2.05) is 0 Å². The van der Waals surface area contributed by atoms with Gasteiger partial charge in [-0.3, -0.25) is 13.9 Å². The van der Waals surface area contributed by atoms with Gasteiger partial charge in [0.05, 0.1) is 22.0 Å². The van der Waals surface area contributed by atoms with Crippen LogP contribution in [0.15, 0.2) is 18.2 Å². The fourth-order valence-electron chi connectivity index (χ4n) is 3.45. The quantitative estimate of drug-likeness (QED) is 0.834. The van der Waals surface area contributed by atoms with E-state index in [2.05, 4.69) is 0 Å². The zero-order valence-electron chi connectivity index (χ0n) is 14.4. The van der Waals surface area contributed by atoms with E-state index in [9.17, 15) is 18.0 Å². The van der Waals surface area contributed by atoms with Crippen LogP contribution in [0.2, 0.25) is 5.02 Å². The normalized spacial score (nSPS) is 20.8. The van der Waals surface area contributed by atoms with Crippen LogP contribution in [0.25, 0.3) is 0 Å². The van der Waals surface area contributed by atoms with Crippen molar-refractivity contribution in [3.63, 3.8) is 0 Å². The maximum atomic E-state index is 12.9. The van der Waals surface area contributed by atoms with Crippen molar-refractivity contribution in [3.05, 3.63) is 28.8 Å². The third-order valence-corrected chi connectivity index (χ3v) is 7.20. The highest BCUT2D eigenvalue weighted by molar-refractivity contribution is 7.92. The number of anilines is 1. The SMILES string of the molecule is NC(=O)C1CCN(C(=O)c2cc(N3CCCCS3(=O)=O)ccc2Cl)CC1. The number of benzene rings is 1. The van der Waals surface area contributed by atoms with Crippen molar-refractivity contribution in [1.29, 1.82) is 0 Å². The van der Waals surface area contributed by atoms with Gasteiger partial charge in [-0.15, -0.1) is 0 Å². The monoisotopic (exact) mass is 399 g/mol. The van der Waals surface area contributed by atoms with Crippen molar-refractivity contribution >= 4 is 39.1 Å². The first-order valence-electron chi connectivity index (χ1n) is 8.68. The molecule has 26 heavy (non-hydrogen) atoms. The van der Waals surface area contributed by atoms with E-state index < -0.39 is 10.0 Å². The fourth-order valence-corrected chi connectivity index (χ4v) is 5.28. The summed E-state index contributed by atoms with van der Waals surface area (Å²) in [5, 5.41) is 0.283. The molecule has 2 heterocycles. The number of primary amides is 1. The molecule has 0 aromatic heterocycles. The van der Waals surface area contributed by atoms with Crippen molar-refractivity contribution in [2.45, 2.75) is 25.7 Å². The topological polar surface area (TPSA) is 101 Å². The predicted octanol–water partition coefficient (Wildman–Crippen LogP) is 1.61. The molecule has 2 amide bonds. The maximum absolute atomic E-state index is 12.9. The molecule has 2 N–H and O–H groups in total. The number of nitrogens with two attached hydrogens (primary N) is 1. The molecule has 2 aliphatic heterocycles. The van der Waals surface area contributed by atoms with Gasteiger partial charge in [0, 0.05) is 25.6 Å². The molecule has 1 aromatic carbocycles. The average molecular weight is 400 g/mol. The highest BCUT2D eigenvalue weighted by atomic mass is 35.5. The Morgan fingerprint density at radius 3 is 2.42 bits per heavy atom. The lowest BCUT2D eigenvalue weighted by Gasteiger charge is -2.32.